The molecule has 2 heterocycles. The second-order valence-electron chi connectivity index (χ2n) is 9.11. The number of hydrogen-bond acceptors (Lipinski definition) is 4. The monoisotopic (exact) mass is 493 g/mol. The fraction of sp³-hybridized carbons (Fsp3) is 0.167. The number of urea groups is 1. The number of ether oxygens (including phenoxy) is 1. The lowest BCUT2D eigenvalue weighted by Gasteiger charge is -2.26. The van der Waals surface area contributed by atoms with Crippen molar-refractivity contribution in [3.8, 4) is 5.75 Å². The summed E-state index contributed by atoms with van der Waals surface area (Å²) < 4.78 is 8.09. The first-order chi connectivity index (χ1) is 17.9. The van der Waals surface area contributed by atoms with E-state index >= 15 is 0 Å². The van der Waals surface area contributed by atoms with E-state index in [0.29, 0.717) is 13.2 Å². The number of hydrogen-bond donors (Lipinski definition) is 1. The van der Waals surface area contributed by atoms with E-state index in [4.69, 9.17) is 4.74 Å². The minimum atomic E-state index is -0.720. The Balaban J connectivity index is 1.41. The van der Waals surface area contributed by atoms with Gasteiger partial charge in [0.1, 0.15) is 17.9 Å². The van der Waals surface area contributed by atoms with Crippen LogP contribution in [-0.4, -0.2) is 33.9 Å². The van der Waals surface area contributed by atoms with Gasteiger partial charge in [0.2, 0.25) is 0 Å². The second kappa shape index (κ2) is 10.1. The normalized spacial score (nSPS) is 14.9. The van der Waals surface area contributed by atoms with Crippen molar-refractivity contribution in [1.82, 2.24) is 14.8 Å². The maximum atomic E-state index is 13.2. The van der Waals surface area contributed by atoms with Crippen molar-refractivity contribution in [1.29, 1.82) is 0 Å². The van der Waals surface area contributed by atoms with Crippen LogP contribution in [0.3, 0.4) is 0 Å². The molecule has 0 aliphatic carbocycles. The van der Waals surface area contributed by atoms with Crippen LogP contribution in [0.5, 0.6) is 5.75 Å². The predicted molar refractivity (Wildman–Crippen MR) is 142 cm³/mol. The summed E-state index contributed by atoms with van der Waals surface area (Å²) in [5, 5.41) is 3.20. The fourth-order valence-electron chi connectivity index (χ4n) is 4.45. The molecule has 0 spiro atoms. The molecule has 0 atom stereocenters. The van der Waals surface area contributed by atoms with E-state index in [1.54, 1.807) is 6.08 Å². The molecule has 0 radical (unpaired) electrons. The third-order valence-corrected chi connectivity index (χ3v) is 6.42. The molecule has 7 heteroatoms. The third-order valence-electron chi connectivity index (χ3n) is 6.42. The fourth-order valence-corrected chi connectivity index (χ4v) is 4.45. The number of rotatable bonds is 7. The predicted octanol–water partition coefficient (Wildman–Crippen LogP) is 5.00. The third kappa shape index (κ3) is 5.02. The minimum absolute atomic E-state index is 0.0770. The Morgan fingerprint density at radius 1 is 0.919 bits per heavy atom. The van der Waals surface area contributed by atoms with Gasteiger partial charge in [0, 0.05) is 22.7 Å². The molecule has 1 fully saturated rings. The lowest BCUT2D eigenvalue weighted by atomic mass is 10.1. The summed E-state index contributed by atoms with van der Waals surface area (Å²) >= 11 is 0. The van der Waals surface area contributed by atoms with Gasteiger partial charge in [0.05, 0.1) is 13.1 Å². The Morgan fingerprint density at radius 2 is 1.68 bits per heavy atom. The molecule has 0 bridgehead atoms. The molecule has 0 unspecified atom stereocenters. The van der Waals surface area contributed by atoms with Crippen molar-refractivity contribution in [2.45, 2.75) is 26.9 Å². The van der Waals surface area contributed by atoms with Crippen LogP contribution in [0.15, 0.2) is 84.6 Å². The van der Waals surface area contributed by atoms with E-state index in [1.807, 2.05) is 91.3 Å². The number of amides is 4. The maximum absolute atomic E-state index is 13.2. The van der Waals surface area contributed by atoms with Crippen LogP contribution in [0.25, 0.3) is 17.0 Å². The summed E-state index contributed by atoms with van der Waals surface area (Å²) in [6.45, 7) is 5.16. The molecule has 1 aromatic heterocycles. The van der Waals surface area contributed by atoms with Crippen LogP contribution < -0.4 is 10.1 Å². The highest BCUT2D eigenvalue weighted by Crippen LogP contribution is 2.26. The molecule has 1 aliphatic heterocycles. The highest BCUT2D eigenvalue weighted by atomic mass is 16.5. The van der Waals surface area contributed by atoms with Crippen LogP contribution >= 0.6 is 0 Å². The number of aryl methyl sites for hydroxylation is 2. The molecule has 5 rings (SSSR count). The van der Waals surface area contributed by atoms with Crippen molar-refractivity contribution >= 4 is 34.8 Å². The minimum Gasteiger partial charge on any atom is -0.491 e. The van der Waals surface area contributed by atoms with E-state index < -0.39 is 17.8 Å². The number of aromatic nitrogens is 1. The largest absolute Gasteiger partial charge is 0.491 e. The van der Waals surface area contributed by atoms with Crippen LogP contribution in [0, 0.1) is 13.8 Å². The van der Waals surface area contributed by atoms with E-state index in [-0.39, 0.29) is 12.1 Å². The van der Waals surface area contributed by atoms with Crippen LogP contribution in [0.2, 0.25) is 0 Å². The average molecular weight is 494 g/mol. The molecule has 37 heavy (non-hydrogen) atoms. The molecule has 0 saturated carbocycles. The van der Waals surface area contributed by atoms with Crippen LogP contribution in [-0.2, 0) is 22.7 Å². The zero-order valence-electron chi connectivity index (χ0n) is 20.7. The first-order valence-electron chi connectivity index (χ1n) is 12.1. The van der Waals surface area contributed by atoms with Crippen LogP contribution in [0.1, 0.15) is 22.3 Å². The standard InChI is InChI=1S/C30H27N3O4/c1-20-12-13-21(2)27(16-20)37-15-14-32-19-23(24-10-6-7-11-26(24)32)17-25-28(34)31-30(36)33(29(25)35)18-22-8-4-3-5-9-22/h3-13,16-17,19H,14-15,18H2,1-2H3,(H,31,34,36). The number of benzene rings is 3. The summed E-state index contributed by atoms with van der Waals surface area (Å²) in [5.41, 5.74) is 4.60. The molecule has 1 saturated heterocycles. The van der Waals surface area contributed by atoms with Gasteiger partial charge in [-0.1, -0.05) is 60.7 Å². The first-order valence-corrected chi connectivity index (χ1v) is 12.1. The van der Waals surface area contributed by atoms with Crippen molar-refractivity contribution in [2.24, 2.45) is 0 Å². The smallest absolute Gasteiger partial charge is 0.331 e. The molecule has 186 valence electrons. The highest BCUT2D eigenvalue weighted by molar-refractivity contribution is 6.31. The number of nitrogens with zero attached hydrogens (tertiary/aromatic N) is 2. The van der Waals surface area contributed by atoms with Gasteiger partial charge in [0.25, 0.3) is 11.8 Å². The van der Waals surface area contributed by atoms with Crippen molar-refractivity contribution in [3.05, 3.63) is 107 Å². The SMILES string of the molecule is Cc1ccc(C)c(OCCn2cc(C=C3C(=O)NC(=O)N(Cc4ccccc4)C3=O)c3ccccc32)c1. The van der Waals surface area contributed by atoms with Gasteiger partial charge in [0.15, 0.2) is 0 Å². The second-order valence-corrected chi connectivity index (χ2v) is 9.11. The van der Waals surface area contributed by atoms with Gasteiger partial charge in [-0.2, -0.15) is 0 Å². The Hall–Kier alpha value is -4.65. The molecule has 1 N–H and O–H groups in total. The van der Waals surface area contributed by atoms with Gasteiger partial charge < -0.3 is 9.30 Å². The maximum Gasteiger partial charge on any atom is 0.331 e. The zero-order valence-corrected chi connectivity index (χ0v) is 20.7. The van der Waals surface area contributed by atoms with Gasteiger partial charge in [-0.15, -0.1) is 0 Å². The summed E-state index contributed by atoms with van der Waals surface area (Å²) in [6.07, 6.45) is 3.47. The number of carbonyl (C=O) groups is 3. The highest BCUT2D eigenvalue weighted by Gasteiger charge is 2.35. The summed E-state index contributed by atoms with van der Waals surface area (Å²) in [6, 6.07) is 22.4. The lowest BCUT2D eigenvalue weighted by molar-refractivity contribution is -0.130. The molecule has 4 amide bonds. The Labute approximate surface area is 215 Å². The number of nitrogens with one attached hydrogen (secondary N) is 1. The van der Waals surface area contributed by atoms with E-state index in [9.17, 15) is 14.4 Å². The van der Waals surface area contributed by atoms with Gasteiger partial charge in [-0.25, -0.2) is 4.79 Å². The lowest BCUT2D eigenvalue weighted by Crippen LogP contribution is -2.53. The Kier molecular flexibility index (Phi) is 6.60. The molecule has 7 nitrogen and oxygen atoms in total. The Bertz CT molecular complexity index is 1540. The van der Waals surface area contributed by atoms with Crippen LogP contribution in [0.4, 0.5) is 4.79 Å². The number of imide groups is 2. The van der Waals surface area contributed by atoms with E-state index in [2.05, 4.69) is 11.4 Å². The summed E-state index contributed by atoms with van der Waals surface area (Å²) in [7, 11) is 0. The quantitative estimate of drug-likeness (QED) is 0.290. The molecule has 1 aliphatic rings. The van der Waals surface area contributed by atoms with Crippen molar-refractivity contribution in [3.63, 3.8) is 0 Å². The summed E-state index contributed by atoms with van der Waals surface area (Å²) in [5.74, 6) is -0.464. The van der Waals surface area contributed by atoms with Gasteiger partial charge in [-0.3, -0.25) is 19.8 Å². The van der Waals surface area contributed by atoms with Gasteiger partial charge >= 0.3 is 6.03 Å². The Morgan fingerprint density at radius 3 is 2.49 bits per heavy atom. The number of para-hydroxylation sites is 1. The van der Waals surface area contributed by atoms with E-state index in [0.717, 1.165) is 43.8 Å². The number of barbiturate groups is 1. The van der Waals surface area contributed by atoms with Gasteiger partial charge in [-0.05, 0) is 48.7 Å². The average Bonchev–Trinajstić information content (AvgIpc) is 3.24. The number of fused-ring (bicyclic) bond motifs is 1. The summed E-state index contributed by atoms with van der Waals surface area (Å²) in [4.78, 5) is 39.4. The number of carbonyl (C=O) groups excluding carboxylic acids is 3. The molecular weight excluding hydrogens is 466 g/mol. The molecular formula is C30H27N3O4. The first kappa shape index (κ1) is 24.1. The van der Waals surface area contributed by atoms with Crippen molar-refractivity contribution < 1.29 is 19.1 Å². The topological polar surface area (TPSA) is 80.6 Å². The van der Waals surface area contributed by atoms with E-state index in [1.165, 1.54) is 0 Å². The zero-order chi connectivity index (χ0) is 25.9. The molecule has 3 aromatic carbocycles. The van der Waals surface area contributed by atoms with Crippen molar-refractivity contribution in [2.75, 3.05) is 6.61 Å². The molecule has 4 aromatic rings.